The van der Waals surface area contributed by atoms with E-state index in [1.165, 1.54) is 12.1 Å². The zero-order chi connectivity index (χ0) is 15.9. The van der Waals surface area contributed by atoms with Crippen LogP contribution in [-0.2, 0) is 22.5 Å². The number of nitrogens with zero attached hydrogens (tertiary/aromatic N) is 1. The molecule has 2 rings (SSSR count). The molecule has 0 spiro atoms. The highest BCUT2D eigenvalue weighted by Gasteiger charge is 2.16. The first-order chi connectivity index (χ1) is 10.6. The molecule has 1 heterocycles. The van der Waals surface area contributed by atoms with Crippen LogP contribution in [0.4, 0.5) is 4.39 Å². The van der Waals surface area contributed by atoms with E-state index in [0.29, 0.717) is 37.9 Å². The molecule has 0 saturated carbocycles. The van der Waals surface area contributed by atoms with Crippen molar-refractivity contribution in [2.45, 2.75) is 26.0 Å². The molecule has 1 aliphatic heterocycles. The van der Waals surface area contributed by atoms with Gasteiger partial charge < -0.3 is 25.3 Å². The van der Waals surface area contributed by atoms with Crippen LogP contribution in [0.2, 0.25) is 0 Å². The molecule has 0 saturated heterocycles. The van der Waals surface area contributed by atoms with Crippen LogP contribution < -0.4 is 15.8 Å². The molecule has 6 nitrogen and oxygen atoms in total. The van der Waals surface area contributed by atoms with Crippen molar-refractivity contribution in [3.63, 3.8) is 0 Å². The maximum absolute atomic E-state index is 13.6. The minimum Gasteiger partial charge on any atom is -0.467 e. The number of nitrogens with two attached hydrogens (primary N) is 1. The van der Waals surface area contributed by atoms with Crippen LogP contribution in [-0.4, -0.2) is 39.1 Å². The molecular weight excluding hydrogens is 416 g/mol. The van der Waals surface area contributed by atoms with E-state index in [1.807, 2.05) is 6.92 Å². The van der Waals surface area contributed by atoms with Gasteiger partial charge in [0.05, 0.1) is 13.2 Å². The third-order valence-corrected chi connectivity index (χ3v) is 3.23. The Labute approximate surface area is 152 Å². The van der Waals surface area contributed by atoms with Gasteiger partial charge in [0.2, 0.25) is 0 Å². The van der Waals surface area contributed by atoms with Gasteiger partial charge >= 0.3 is 0 Å². The fourth-order valence-electron chi connectivity index (χ4n) is 2.33. The summed E-state index contributed by atoms with van der Waals surface area (Å²) in [6.07, 6.45) is 0.543. The minimum absolute atomic E-state index is 0. The average molecular weight is 439 g/mol. The van der Waals surface area contributed by atoms with E-state index in [4.69, 9.17) is 19.9 Å². The lowest BCUT2D eigenvalue weighted by Gasteiger charge is -2.20. The molecule has 0 radical (unpaired) electrons. The molecule has 23 heavy (non-hydrogen) atoms. The molecule has 8 heteroatoms. The quantitative estimate of drug-likeness (QED) is 0.402. The predicted octanol–water partition coefficient (Wildman–Crippen LogP) is 1.79. The lowest BCUT2D eigenvalue weighted by atomic mass is 10.1. The number of halogens is 2. The molecule has 1 aromatic carbocycles. The molecular formula is C15H23FIN3O3. The number of methoxy groups -OCH3 is 1. The lowest BCUT2D eigenvalue weighted by molar-refractivity contribution is -0.0172. The van der Waals surface area contributed by atoms with Crippen molar-refractivity contribution in [3.05, 3.63) is 29.1 Å². The fraction of sp³-hybridized carbons (Fsp3) is 0.533. The van der Waals surface area contributed by atoms with Gasteiger partial charge in [-0.25, -0.2) is 4.39 Å². The van der Waals surface area contributed by atoms with E-state index in [9.17, 15) is 4.39 Å². The highest BCUT2D eigenvalue weighted by Crippen LogP contribution is 2.29. The van der Waals surface area contributed by atoms with Crippen molar-refractivity contribution < 1.29 is 18.6 Å². The summed E-state index contributed by atoms with van der Waals surface area (Å²) in [7, 11) is 1.63. The topological polar surface area (TPSA) is 78.1 Å². The van der Waals surface area contributed by atoms with Gasteiger partial charge in [0.15, 0.2) is 12.8 Å². The van der Waals surface area contributed by atoms with Crippen molar-refractivity contribution in [2.75, 3.05) is 27.1 Å². The zero-order valence-electron chi connectivity index (χ0n) is 13.3. The Morgan fingerprint density at radius 3 is 3.04 bits per heavy atom. The Bertz CT molecular complexity index is 543. The van der Waals surface area contributed by atoms with Crippen molar-refractivity contribution in [1.82, 2.24) is 5.32 Å². The van der Waals surface area contributed by atoms with Gasteiger partial charge in [-0.05, 0) is 31.0 Å². The predicted molar refractivity (Wildman–Crippen MR) is 96.8 cm³/mol. The lowest BCUT2D eigenvalue weighted by Crippen LogP contribution is -2.40. The normalized spacial score (nSPS) is 15.2. The second-order valence-corrected chi connectivity index (χ2v) is 5.18. The second kappa shape index (κ2) is 9.89. The minimum atomic E-state index is -0.299. The van der Waals surface area contributed by atoms with Gasteiger partial charge in [0, 0.05) is 25.3 Å². The molecule has 0 amide bonds. The van der Waals surface area contributed by atoms with Crippen molar-refractivity contribution in [2.24, 2.45) is 10.7 Å². The molecule has 0 aliphatic carbocycles. The molecule has 0 aromatic heterocycles. The third kappa shape index (κ3) is 6.11. The number of nitrogens with one attached hydrogen (secondary N) is 1. The van der Waals surface area contributed by atoms with Crippen LogP contribution in [0.3, 0.4) is 0 Å². The summed E-state index contributed by atoms with van der Waals surface area (Å²) in [6, 6.07) is 2.98. The van der Waals surface area contributed by atoms with Gasteiger partial charge in [-0.3, -0.25) is 4.99 Å². The van der Waals surface area contributed by atoms with Crippen LogP contribution in [0.1, 0.15) is 18.1 Å². The largest absolute Gasteiger partial charge is 0.467 e. The molecule has 0 fully saturated rings. The number of ether oxygens (including phenoxy) is 3. The Morgan fingerprint density at radius 2 is 2.30 bits per heavy atom. The van der Waals surface area contributed by atoms with E-state index in [2.05, 4.69) is 10.3 Å². The van der Waals surface area contributed by atoms with E-state index in [1.54, 1.807) is 7.11 Å². The maximum atomic E-state index is 13.6. The second-order valence-electron chi connectivity index (χ2n) is 5.18. The van der Waals surface area contributed by atoms with Crippen molar-refractivity contribution >= 4 is 29.9 Å². The van der Waals surface area contributed by atoms with E-state index in [0.717, 1.165) is 11.1 Å². The van der Waals surface area contributed by atoms with E-state index >= 15 is 0 Å². The number of hydrogen-bond donors (Lipinski definition) is 2. The standard InChI is InChI=1S/C15H22FN3O3.HI/c1-10(7-20-2)19-15(17)18-4-3-11-5-13(16)6-12-8-21-9-22-14(11)12;/h5-6,10H,3-4,7-9H2,1-2H3,(H3,17,18,19);1H. The number of guanidine groups is 1. The van der Waals surface area contributed by atoms with Crippen LogP contribution in [0.5, 0.6) is 5.75 Å². The Morgan fingerprint density at radius 1 is 1.52 bits per heavy atom. The first-order valence-electron chi connectivity index (χ1n) is 7.17. The Balaban J connectivity index is 0.00000264. The Kier molecular flexibility index (Phi) is 8.56. The number of benzene rings is 1. The average Bonchev–Trinajstić information content (AvgIpc) is 2.47. The number of fused-ring (bicyclic) bond motifs is 1. The first-order valence-corrected chi connectivity index (χ1v) is 7.17. The summed E-state index contributed by atoms with van der Waals surface area (Å²) < 4.78 is 29.2. The highest BCUT2D eigenvalue weighted by molar-refractivity contribution is 14.0. The molecule has 1 atom stereocenters. The smallest absolute Gasteiger partial charge is 0.189 e. The summed E-state index contributed by atoms with van der Waals surface area (Å²) in [6.45, 7) is 3.48. The molecule has 1 aromatic rings. The van der Waals surface area contributed by atoms with Crippen LogP contribution >= 0.6 is 24.0 Å². The molecule has 1 aliphatic rings. The van der Waals surface area contributed by atoms with E-state index < -0.39 is 0 Å². The Hall–Kier alpha value is -1.13. The fourth-order valence-corrected chi connectivity index (χ4v) is 2.33. The molecule has 130 valence electrons. The van der Waals surface area contributed by atoms with Gasteiger partial charge in [-0.15, -0.1) is 24.0 Å². The first kappa shape index (κ1) is 19.9. The highest BCUT2D eigenvalue weighted by atomic mass is 127. The molecule has 0 bridgehead atoms. The zero-order valence-corrected chi connectivity index (χ0v) is 15.6. The van der Waals surface area contributed by atoms with Crippen LogP contribution in [0, 0.1) is 5.82 Å². The van der Waals surface area contributed by atoms with Crippen molar-refractivity contribution in [1.29, 1.82) is 0 Å². The van der Waals surface area contributed by atoms with Crippen LogP contribution in [0.15, 0.2) is 17.1 Å². The number of hydrogen-bond acceptors (Lipinski definition) is 4. The molecule has 1 unspecified atom stereocenters. The SMILES string of the molecule is COCC(C)NC(N)=NCCc1cc(F)cc2c1OCOC2.I. The van der Waals surface area contributed by atoms with E-state index in [-0.39, 0.29) is 42.6 Å². The van der Waals surface area contributed by atoms with Gasteiger partial charge in [0.1, 0.15) is 11.6 Å². The summed E-state index contributed by atoms with van der Waals surface area (Å²) in [5, 5.41) is 3.02. The summed E-state index contributed by atoms with van der Waals surface area (Å²) in [5.74, 6) is 0.743. The summed E-state index contributed by atoms with van der Waals surface area (Å²) in [4.78, 5) is 4.24. The van der Waals surface area contributed by atoms with Crippen molar-refractivity contribution in [3.8, 4) is 5.75 Å². The van der Waals surface area contributed by atoms with Crippen LogP contribution in [0.25, 0.3) is 0 Å². The summed E-state index contributed by atoms with van der Waals surface area (Å²) >= 11 is 0. The monoisotopic (exact) mass is 439 g/mol. The number of aliphatic imine (C=N–C) groups is 1. The third-order valence-electron chi connectivity index (χ3n) is 3.23. The maximum Gasteiger partial charge on any atom is 0.189 e. The summed E-state index contributed by atoms with van der Waals surface area (Å²) in [5.41, 5.74) is 7.30. The molecule has 3 N–H and O–H groups in total. The van der Waals surface area contributed by atoms with Gasteiger partial charge in [0.25, 0.3) is 0 Å². The van der Waals surface area contributed by atoms with Gasteiger partial charge in [-0.1, -0.05) is 0 Å². The van der Waals surface area contributed by atoms with Gasteiger partial charge in [-0.2, -0.15) is 0 Å². The number of rotatable bonds is 6.